The molecule has 3 atom stereocenters. The van der Waals surface area contributed by atoms with E-state index < -0.39 is 0 Å². The summed E-state index contributed by atoms with van der Waals surface area (Å²) in [6.07, 6.45) is 12.2. The second-order valence-electron chi connectivity index (χ2n) is 6.88. The van der Waals surface area contributed by atoms with Gasteiger partial charge >= 0.3 is 0 Å². The number of allylic oxidation sites excluding steroid dienone is 2. The summed E-state index contributed by atoms with van der Waals surface area (Å²) in [6.45, 7) is 4.99. The number of hydrogen-bond donors (Lipinski definition) is 1. The van der Waals surface area contributed by atoms with Gasteiger partial charge in [-0.15, -0.1) is 0 Å². The Kier molecular flexibility index (Phi) is 3.67. The number of likely N-dealkylation sites (tertiary alicyclic amines) is 1. The van der Waals surface area contributed by atoms with Crippen molar-refractivity contribution in [3.63, 3.8) is 0 Å². The first-order chi connectivity index (χ1) is 10.8. The van der Waals surface area contributed by atoms with Crippen LogP contribution in [0.2, 0.25) is 0 Å². The van der Waals surface area contributed by atoms with Gasteiger partial charge in [-0.3, -0.25) is 5.01 Å². The molecule has 1 N–H and O–H groups in total. The van der Waals surface area contributed by atoms with Gasteiger partial charge in [0.05, 0.1) is 5.69 Å². The summed E-state index contributed by atoms with van der Waals surface area (Å²) in [5.74, 6) is 1.66. The van der Waals surface area contributed by atoms with E-state index in [0.717, 1.165) is 17.9 Å². The normalized spacial score (nSPS) is 30.6. The van der Waals surface area contributed by atoms with Crippen molar-refractivity contribution in [3.05, 3.63) is 54.4 Å². The molecule has 0 aromatic heterocycles. The van der Waals surface area contributed by atoms with Crippen LogP contribution in [-0.4, -0.2) is 24.0 Å². The molecule has 0 unspecified atom stereocenters. The standard InChI is InChI=1S/C19H25N3/c1-15-5-4-11-21(15)14-17-13-19(17)16-6-8-18(9-7-16)22-12-3-2-10-20-22/h2-3,6-10,12,15,17,19-20H,4-5,11,13-14H2,1H3/t15-,17-,19-/m0/s1. The van der Waals surface area contributed by atoms with E-state index in [9.17, 15) is 0 Å². The van der Waals surface area contributed by atoms with Crippen molar-refractivity contribution in [2.24, 2.45) is 5.92 Å². The number of hydrazine groups is 1. The fourth-order valence-corrected chi connectivity index (χ4v) is 3.82. The molecule has 22 heavy (non-hydrogen) atoms. The predicted molar refractivity (Wildman–Crippen MR) is 91.5 cm³/mol. The zero-order chi connectivity index (χ0) is 14.9. The van der Waals surface area contributed by atoms with Gasteiger partial charge in [-0.25, -0.2) is 0 Å². The van der Waals surface area contributed by atoms with Crippen LogP contribution in [0.25, 0.3) is 0 Å². The minimum atomic E-state index is 0.784. The molecule has 0 radical (unpaired) electrons. The molecule has 2 heterocycles. The van der Waals surface area contributed by atoms with Crippen LogP contribution in [0, 0.1) is 5.92 Å². The van der Waals surface area contributed by atoms with E-state index in [2.05, 4.69) is 41.5 Å². The van der Waals surface area contributed by atoms with E-state index in [1.807, 2.05) is 29.6 Å². The Morgan fingerprint density at radius 1 is 1.18 bits per heavy atom. The highest BCUT2D eigenvalue weighted by Crippen LogP contribution is 2.48. The number of nitrogens with zero attached hydrogens (tertiary/aromatic N) is 2. The van der Waals surface area contributed by atoms with Crippen LogP contribution >= 0.6 is 0 Å². The topological polar surface area (TPSA) is 18.5 Å². The Morgan fingerprint density at radius 3 is 2.73 bits per heavy atom. The molecule has 1 aromatic rings. The van der Waals surface area contributed by atoms with Gasteiger partial charge in [0.15, 0.2) is 0 Å². The van der Waals surface area contributed by atoms with Crippen LogP contribution in [0.3, 0.4) is 0 Å². The van der Waals surface area contributed by atoms with Crippen LogP contribution in [0.5, 0.6) is 0 Å². The van der Waals surface area contributed by atoms with Crippen molar-refractivity contribution < 1.29 is 0 Å². The average molecular weight is 295 g/mol. The maximum atomic E-state index is 3.22. The van der Waals surface area contributed by atoms with Crippen molar-refractivity contribution in [2.75, 3.05) is 18.1 Å². The molecule has 3 heteroatoms. The quantitative estimate of drug-likeness (QED) is 0.915. The molecule has 0 spiro atoms. The minimum absolute atomic E-state index is 0.784. The summed E-state index contributed by atoms with van der Waals surface area (Å²) in [4.78, 5) is 2.69. The van der Waals surface area contributed by atoms with Crippen molar-refractivity contribution in [1.29, 1.82) is 0 Å². The Hall–Kier alpha value is -1.74. The molecule has 2 aliphatic heterocycles. The summed E-state index contributed by atoms with van der Waals surface area (Å²) >= 11 is 0. The molecule has 1 aromatic carbocycles. The molecule has 1 aliphatic carbocycles. The molecule has 3 aliphatic rings. The summed E-state index contributed by atoms with van der Waals surface area (Å²) in [6, 6.07) is 9.86. The fourth-order valence-electron chi connectivity index (χ4n) is 3.82. The monoisotopic (exact) mass is 295 g/mol. The smallest absolute Gasteiger partial charge is 0.0623 e. The molecule has 4 rings (SSSR count). The van der Waals surface area contributed by atoms with Crippen LogP contribution < -0.4 is 10.4 Å². The highest BCUT2D eigenvalue weighted by molar-refractivity contribution is 5.51. The Balaban J connectivity index is 1.36. The first-order valence-corrected chi connectivity index (χ1v) is 8.54. The first-order valence-electron chi connectivity index (χ1n) is 8.54. The lowest BCUT2D eigenvalue weighted by Gasteiger charge is -2.22. The van der Waals surface area contributed by atoms with Crippen molar-refractivity contribution >= 4 is 5.69 Å². The number of benzene rings is 1. The van der Waals surface area contributed by atoms with Gasteiger partial charge in [-0.1, -0.05) is 12.1 Å². The fraction of sp³-hybridized carbons (Fsp3) is 0.474. The predicted octanol–water partition coefficient (Wildman–Crippen LogP) is 3.63. The highest BCUT2D eigenvalue weighted by atomic mass is 15.5. The lowest BCUT2D eigenvalue weighted by atomic mass is 10.1. The maximum absolute atomic E-state index is 3.22. The summed E-state index contributed by atoms with van der Waals surface area (Å²) in [7, 11) is 0. The summed E-state index contributed by atoms with van der Waals surface area (Å²) < 4.78 is 0. The lowest BCUT2D eigenvalue weighted by molar-refractivity contribution is 0.256. The molecular weight excluding hydrogens is 270 g/mol. The summed E-state index contributed by atoms with van der Waals surface area (Å²) in [5.41, 5.74) is 5.92. The lowest BCUT2D eigenvalue weighted by Crippen LogP contribution is -2.30. The molecular formula is C19H25N3. The molecule has 3 nitrogen and oxygen atoms in total. The third kappa shape index (κ3) is 2.78. The molecule has 116 valence electrons. The molecule has 0 bridgehead atoms. The number of rotatable bonds is 4. The number of anilines is 1. The van der Waals surface area contributed by atoms with E-state index in [4.69, 9.17) is 0 Å². The second-order valence-corrected chi connectivity index (χ2v) is 6.88. The first kappa shape index (κ1) is 13.9. The van der Waals surface area contributed by atoms with E-state index in [-0.39, 0.29) is 0 Å². The number of nitrogens with one attached hydrogen (secondary N) is 1. The van der Waals surface area contributed by atoms with Crippen molar-refractivity contribution in [2.45, 2.75) is 38.1 Å². The highest BCUT2D eigenvalue weighted by Gasteiger charge is 2.40. The zero-order valence-electron chi connectivity index (χ0n) is 13.3. The Bertz CT molecular complexity index is 575. The molecule has 0 amide bonds. The van der Waals surface area contributed by atoms with E-state index >= 15 is 0 Å². The maximum Gasteiger partial charge on any atom is 0.0623 e. The van der Waals surface area contributed by atoms with Gasteiger partial charge in [0.2, 0.25) is 0 Å². The average Bonchev–Trinajstić information content (AvgIpc) is 3.23. The van der Waals surface area contributed by atoms with E-state index in [0.29, 0.717) is 0 Å². The van der Waals surface area contributed by atoms with Crippen LogP contribution in [-0.2, 0) is 0 Å². The van der Waals surface area contributed by atoms with Crippen LogP contribution in [0.1, 0.15) is 37.7 Å². The van der Waals surface area contributed by atoms with Gasteiger partial charge in [0, 0.05) is 25.0 Å². The van der Waals surface area contributed by atoms with Gasteiger partial charge < -0.3 is 10.3 Å². The van der Waals surface area contributed by atoms with Crippen LogP contribution in [0.4, 0.5) is 5.69 Å². The number of hydrogen-bond acceptors (Lipinski definition) is 3. The van der Waals surface area contributed by atoms with Gasteiger partial charge in [0.1, 0.15) is 0 Å². The van der Waals surface area contributed by atoms with Gasteiger partial charge in [-0.05, 0) is 74.4 Å². The third-order valence-corrected chi connectivity index (χ3v) is 5.34. The van der Waals surface area contributed by atoms with Gasteiger partial charge in [-0.2, -0.15) is 0 Å². The zero-order valence-corrected chi connectivity index (χ0v) is 13.3. The van der Waals surface area contributed by atoms with E-state index in [1.165, 1.54) is 43.6 Å². The van der Waals surface area contributed by atoms with Gasteiger partial charge in [0.25, 0.3) is 0 Å². The minimum Gasteiger partial charge on any atom is -0.302 e. The summed E-state index contributed by atoms with van der Waals surface area (Å²) in [5, 5.41) is 2.04. The van der Waals surface area contributed by atoms with Crippen molar-refractivity contribution in [3.8, 4) is 0 Å². The van der Waals surface area contributed by atoms with E-state index in [1.54, 1.807) is 0 Å². The second kappa shape index (κ2) is 5.81. The largest absolute Gasteiger partial charge is 0.302 e. The Labute approximate surface area is 133 Å². The van der Waals surface area contributed by atoms with Crippen molar-refractivity contribution in [1.82, 2.24) is 10.3 Å². The van der Waals surface area contributed by atoms with Crippen LogP contribution in [0.15, 0.2) is 48.8 Å². The molecule has 1 saturated carbocycles. The SMILES string of the molecule is C[C@H]1CCCN1C[C@@H]1C[C@H]1c1ccc(N2C=CC=CN2)cc1. The molecule has 2 fully saturated rings. The Morgan fingerprint density at radius 2 is 2.05 bits per heavy atom. The molecule has 1 saturated heterocycles. The third-order valence-electron chi connectivity index (χ3n) is 5.34.